The van der Waals surface area contributed by atoms with Gasteiger partial charge in [-0.15, -0.1) is 0 Å². The van der Waals surface area contributed by atoms with Crippen LogP contribution in [-0.2, 0) is 0 Å². The van der Waals surface area contributed by atoms with Crippen LogP contribution in [0.4, 0.5) is 4.39 Å². The summed E-state index contributed by atoms with van der Waals surface area (Å²) in [5.74, 6) is 0.541. The quantitative estimate of drug-likeness (QED) is 0.697. The van der Waals surface area contributed by atoms with Crippen molar-refractivity contribution in [1.82, 2.24) is 4.90 Å². The van der Waals surface area contributed by atoms with Crippen LogP contribution in [0.25, 0.3) is 0 Å². The molecule has 1 heterocycles. The van der Waals surface area contributed by atoms with E-state index in [0.717, 1.165) is 18.8 Å². The Hall–Kier alpha value is -1.09. The SMILES string of the molecule is Fc1ccc(OCCCCCN2CC[CH]CC2)cc1. The first-order valence-electron chi connectivity index (χ1n) is 7.27. The number of hydrogen-bond donors (Lipinski definition) is 0. The van der Waals surface area contributed by atoms with E-state index in [1.165, 1.54) is 57.5 Å². The fraction of sp³-hybridized carbons (Fsp3) is 0.562. The molecule has 0 aromatic heterocycles. The lowest BCUT2D eigenvalue weighted by atomic mass is 10.1. The number of likely N-dealkylation sites (tertiary alicyclic amines) is 1. The lowest BCUT2D eigenvalue weighted by Crippen LogP contribution is -2.30. The molecule has 0 N–H and O–H groups in total. The van der Waals surface area contributed by atoms with E-state index in [0.29, 0.717) is 0 Å². The Labute approximate surface area is 115 Å². The Morgan fingerprint density at radius 3 is 2.47 bits per heavy atom. The van der Waals surface area contributed by atoms with Gasteiger partial charge in [0, 0.05) is 0 Å². The number of halogens is 1. The van der Waals surface area contributed by atoms with Gasteiger partial charge in [0.05, 0.1) is 6.61 Å². The fourth-order valence-corrected chi connectivity index (χ4v) is 2.36. The molecule has 2 nitrogen and oxygen atoms in total. The fourth-order valence-electron chi connectivity index (χ4n) is 2.36. The number of rotatable bonds is 7. The first-order chi connectivity index (χ1) is 9.34. The molecular weight excluding hydrogens is 241 g/mol. The van der Waals surface area contributed by atoms with Crippen molar-refractivity contribution in [3.8, 4) is 5.75 Å². The van der Waals surface area contributed by atoms with E-state index in [-0.39, 0.29) is 5.82 Å². The highest BCUT2D eigenvalue weighted by Gasteiger charge is 2.08. The number of ether oxygens (including phenoxy) is 1. The van der Waals surface area contributed by atoms with Crippen LogP contribution in [0.1, 0.15) is 32.1 Å². The number of piperidine rings is 1. The van der Waals surface area contributed by atoms with Gasteiger partial charge in [-0.05, 0) is 82.4 Å². The predicted octanol–water partition coefficient (Wildman–Crippen LogP) is 3.67. The van der Waals surface area contributed by atoms with Crippen molar-refractivity contribution in [2.24, 2.45) is 0 Å². The summed E-state index contributed by atoms with van der Waals surface area (Å²) >= 11 is 0. The van der Waals surface area contributed by atoms with E-state index >= 15 is 0 Å². The Bertz CT molecular complexity index is 346. The van der Waals surface area contributed by atoms with Crippen LogP contribution in [-0.4, -0.2) is 31.1 Å². The maximum atomic E-state index is 12.7. The summed E-state index contributed by atoms with van der Waals surface area (Å²) in [6.45, 7) is 4.39. The molecule has 105 valence electrons. The molecule has 1 radical (unpaired) electrons. The molecule has 2 rings (SSSR count). The van der Waals surface area contributed by atoms with Crippen molar-refractivity contribution in [1.29, 1.82) is 0 Å². The van der Waals surface area contributed by atoms with Crippen LogP contribution >= 0.6 is 0 Å². The topological polar surface area (TPSA) is 12.5 Å². The third kappa shape index (κ3) is 5.60. The van der Waals surface area contributed by atoms with E-state index in [4.69, 9.17) is 4.74 Å². The van der Waals surface area contributed by atoms with Crippen molar-refractivity contribution in [3.63, 3.8) is 0 Å². The molecule has 0 bridgehead atoms. The summed E-state index contributed by atoms with van der Waals surface area (Å²) in [5.41, 5.74) is 0. The summed E-state index contributed by atoms with van der Waals surface area (Å²) in [6.07, 6.45) is 8.37. The maximum Gasteiger partial charge on any atom is 0.123 e. The number of benzene rings is 1. The summed E-state index contributed by atoms with van der Waals surface area (Å²) in [7, 11) is 0. The molecule has 0 unspecified atom stereocenters. The van der Waals surface area contributed by atoms with Crippen LogP contribution < -0.4 is 4.74 Å². The average molecular weight is 264 g/mol. The van der Waals surface area contributed by atoms with Crippen molar-refractivity contribution >= 4 is 0 Å². The number of unbranched alkanes of at least 4 members (excludes halogenated alkanes) is 2. The highest BCUT2D eigenvalue weighted by atomic mass is 19.1. The van der Waals surface area contributed by atoms with Crippen LogP contribution in [0.3, 0.4) is 0 Å². The first kappa shape index (κ1) is 14.3. The van der Waals surface area contributed by atoms with Gasteiger partial charge >= 0.3 is 0 Å². The molecule has 0 atom stereocenters. The molecule has 19 heavy (non-hydrogen) atoms. The van der Waals surface area contributed by atoms with Gasteiger partial charge in [-0.2, -0.15) is 0 Å². The van der Waals surface area contributed by atoms with E-state index < -0.39 is 0 Å². The predicted molar refractivity (Wildman–Crippen MR) is 75.7 cm³/mol. The van der Waals surface area contributed by atoms with Crippen molar-refractivity contribution in [2.75, 3.05) is 26.2 Å². The van der Waals surface area contributed by atoms with Gasteiger partial charge in [0.2, 0.25) is 0 Å². The van der Waals surface area contributed by atoms with Gasteiger partial charge in [-0.3, -0.25) is 0 Å². The monoisotopic (exact) mass is 264 g/mol. The summed E-state index contributed by atoms with van der Waals surface area (Å²) < 4.78 is 18.3. The van der Waals surface area contributed by atoms with Gasteiger partial charge in [-0.25, -0.2) is 4.39 Å². The van der Waals surface area contributed by atoms with E-state index in [1.54, 1.807) is 12.1 Å². The van der Waals surface area contributed by atoms with Gasteiger partial charge in [-0.1, -0.05) is 0 Å². The van der Waals surface area contributed by atoms with Crippen molar-refractivity contribution in [3.05, 3.63) is 36.5 Å². The molecule has 1 aliphatic rings. The second kappa shape index (κ2) is 8.16. The van der Waals surface area contributed by atoms with Crippen molar-refractivity contribution in [2.45, 2.75) is 32.1 Å². The molecule has 1 aromatic rings. The largest absolute Gasteiger partial charge is 0.494 e. The average Bonchev–Trinajstić information content (AvgIpc) is 2.46. The Morgan fingerprint density at radius 2 is 1.74 bits per heavy atom. The van der Waals surface area contributed by atoms with Crippen LogP contribution in [0.15, 0.2) is 24.3 Å². The molecule has 0 saturated carbocycles. The number of hydrogen-bond acceptors (Lipinski definition) is 2. The summed E-state index contributed by atoms with van der Waals surface area (Å²) in [4.78, 5) is 2.54. The molecule has 0 spiro atoms. The van der Waals surface area contributed by atoms with Gasteiger partial charge in [0.25, 0.3) is 0 Å². The van der Waals surface area contributed by atoms with E-state index in [1.807, 2.05) is 0 Å². The molecule has 1 saturated heterocycles. The zero-order valence-electron chi connectivity index (χ0n) is 11.5. The Kier molecular flexibility index (Phi) is 6.15. The summed E-state index contributed by atoms with van der Waals surface area (Å²) in [5, 5.41) is 0. The highest BCUT2D eigenvalue weighted by Crippen LogP contribution is 2.12. The highest BCUT2D eigenvalue weighted by molar-refractivity contribution is 5.21. The minimum atomic E-state index is -0.217. The van der Waals surface area contributed by atoms with Gasteiger partial charge < -0.3 is 9.64 Å². The van der Waals surface area contributed by atoms with Crippen LogP contribution in [0, 0.1) is 12.2 Å². The Morgan fingerprint density at radius 1 is 1.00 bits per heavy atom. The maximum absolute atomic E-state index is 12.7. The first-order valence-corrected chi connectivity index (χ1v) is 7.27. The lowest BCUT2D eigenvalue weighted by molar-refractivity contribution is 0.243. The minimum Gasteiger partial charge on any atom is -0.494 e. The van der Waals surface area contributed by atoms with E-state index in [9.17, 15) is 4.39 Å². The zero-order valence-corrected chi connectivity index (χ0v) is 11.5. The molecule has 3 heteroatoms. The van der Waals surface area contributed by atoms with Crippen LogP contribution in [0.2, 0.25) is 0 Å². The molecule has 0 amide bonds. The van der Waals surface area contributed by atoms with Gasteiger partial charge in [0.1, 0.15) is 11.6 Å². The minimum absolute atomic E-state index is 0.217. The zero-order chi connectivity index (χ0) is 13.3. The normalized spacial score (nSPS) is 16.5. The van der Waals surface area contributed by atoms with Gasteiger partial charge in [0.15, 0.2) is 0 Å². The Balaban J connectivity index is 1.49. The lowest BCUT2D eigenvalue weighted by Gasteiger charge is -2.26. The molecule has 1 fully saturated rings. The smallest absolute Gasteiger partial charge is 0.123 e. The third-order valence-corrected chi connectivity index (χ3v) is 3.50. The molecule has 0 aliphatic carbocycles. The number of nitrogens with zero attached hydrogens (tertiary/aromatic N) is 1. The molecular formula is C16H23FNO. The second-order valence-electron chi connectivity index (χ2n) is 5.07. The summed E-state index contributed by atoms with van der Waals surface area (Å²) in [6, 6.07) is 6.23. The second-order valence-corrected chi connectivity index (χ2v) is 5.07. The molecule has 1 aromatic carbocycles. The standard InChI is InChI=1S/C16H23FNO/c17-15-7-9-16(10-8-15)19-14-6-2-5-13-18-11-3-1-4-12-18/h1,7-10H,2-6,11-14H2. The van der Waals surface area contributed by atoms with E-state index in [2.05, 4.69) is 11.3 Å². The van der Waals surface area contributed by atoms with Crippen molar-refractivity contribution < 1.29 is 9.13 Å². The third-order valence-electron chi connectivity index (χ3n) is 3.50. The molecule has 1 aliphatic heterocycles. The van der Waals surface area contributed by atoms with Crippen LogP contribution in [0.5, 0.6) is 5.75 Å².